The van der Waals surface area contributed by atoms with Crippen LogP contribution in [0.15, 0.2) is 42.7 Å². The lowest BCUT2D eigenvalue weighted by Crippen LogP contribution is -2.56. The number of nitrogens with one attached hydrogen (secondary N) is 1. The Hall–Kier alpha value is -2.63. The molecule has 132 valence electrons. The van der Waals surface area contributed by atoms with E-state index >= 15 is 0 Å². The summed E-state index contributed by atoms with van der Waals surface area (Å²) in [6, 6.07) is 9.51. The van der Waals surface area contributed by atoms with E-state index in [4.69, 9.17) is 4.74 Å². The van der Waals surface area contributed by atoms with Crippen LogP contribution in [-0.4, -0.2) is 34.3 Å². The van der Waals surface area contributed by atoms with Crippen LogP contribution in [0, 0.1) is 0 Å². The SMILES string of the molecule is COC(=O)C1(NC(=O)Cc2ccc(-n3cccn3)cc2)CCCCC1. The van der Waals surface area contributed by atoms with Crippen LogP contribution in [0.25, 0.3) is 5.69 Å². The van der Waals surface area contributed by atoms with Gasteiger partial charge in [0.2, 0.25) is 5.91 Å². The number of hydrogen-bond donors (Lipinski definition) is 1. The molecule has 1 amide bonds. The second kappa shape index (κ2) is 7.51. The third-order valence-corrected chi connectivity index (χ3v) is 4.73. The zero-order valence-electron chi connectivity index (χ0n) is 14.4. The number of aromatic nitrogens is 2. The van der Waals surface area contributed by atoms with Crippen LogP contribution < -0.4 is 5.32 Å². The molecule has 1 N–H and O–H groups in total. The van der Waals surface area contributed by atoms with Crippen LogP contribution in [0.2, 0.25) is 0 Å². The van der Waals surface area contributed by atoms with Gasteiger partial charge in [-0.3, -0.25) is 4.79 Å². The molecule has 0 aliphatic heterocycles. The van der Waals surface area contributed by atoms with Gasteiger partial charge in [0.1, 0.15) is 5.54 Å². The average molecular weight is 341 g/mol. The van der Waals surface area contributed by atoms with Crippen LogP contribution in [0.3, 0.4) is 0 Å². The highest BCUT2D eigenvalue weighted by Crippen LogP contribution is 2.29. The van der Waals surface area contributed by atoms with Gasteiger partial charge >= 0.3 is 5.97 Å². The molecule has 6 heteroatoms. The molecule has 1 saturated carbocycles. The van der Waals surface area contributed by atoms with Gasteiger partial charge in [0, 0.05) is 12.4 Å². The number of rotatable bonds is 5. The van der Waals surface area contributed by atoms with Gasteiger partial charge < -0.3 is 10.1 Å². The summed E-state index contributed by atoms with van der Waals surface area (Å²) in [4.78, 5) is 24.7. The Morgan fingerprint density at radius 3 is 2.52 bits per heavy atom. The molecule has 3 rings (SSSR count). The Morgan fingerprint density at radius 1 is 1.20 bits per heavy atom. The summed E-state index contributed by atoms with van der Waals surface area (Å²) in [5, 5.41) is 7.12. The van der Waals surface area contributed by atoms with Crippen molar-refractivity contribution in [3.63, 3.8) is 0 Å². The zero-order chi connectivity index (χ0) is 17.7. The number of benzene rings is 1. The highest BCUT2D eigenvalue weighted by molar-refractivity contribution is 5.89. The molecule has 0 bridgehead atoms. The van der Waals surface area contributed by atoms with Crippen molar-refractivity contribution < 1.29 is 14.3 Å². The predicted molar refractivity (Wildman–Crippen MR) is 93.2 cm³/mol. The largest absolute Gasteiger partial charge is 0.467 e. The highest BCUT2D eigenvalue weighted by atomic mass is 16.5. The maximum atomic E-state index is 12.5. The van der Waals surface area contributed by atoms with Crippen molar-refractivity contribution >= 4 is 11.9 Å². The fourth-order valence-electron chi connectivity index (χ4n) is 3.42. The number of esters is 1. The van der Waals surface area contributed by atoms with E-state index in [-0.39, 0.29) is 18.3 Å². The van der Waals surface area contributed by atoms with Crippen LogP contribution in [0.1, 0.15) is 37.7 Å². The first-order valence-corrected chi connectivity index (χ1v) is 8.61. The van der Waals surface area contributed by atoms with Crippen molar-refractivity contribution in [3.8, 4) is 5.69 Å². The maximum Gasteiger partial charge on any atom is 0.331 e. The van der Waals surface area contributed by atoms with Gasteiger partial charge in [0.25, 0.3) is 0 Å². The summed E-state index contributed by atoms with van der Waals surface area (Å²) in [5.41, 5.74) is 0.968. The normalized spacial score (nSPS) is 16.2. The van der Waals surface area contributed by atoms with Gasteiger partial charge in [-0.2, -0.15) is 5.10 Å². The lowest BCUT2D eigenvalue weighted by molar-refractivity contribution is -0.152. The van der Waals surface area contributed by atoms with Crippen molar-refractivity contribution in [1.29, 1.82) is 0 Å². The Labute approximate surface area is 147 Å². The lowest BCUT2D eigenvalue weighted by atomic mass is 9.81. The monoisotopic (exact) mass is 341 g/mol. The molecule has 0 saturated heterocycles. The first-order chi connectivity index (χ1) is 12.1. The minimum atomic E-state index is -0.862. The van der Waals surface area contributed by atoms with Crippen LogP contribution in [-0.2, 0) is 20.7 Å². The Balaban J connectivity index is 1.66. The molecule has 1 aliphatic carbocycles. The first-order valence-electron chi connectivity index (χ1n) is 8.61. The van der Waals surface area contributed by atoms with E-state index in [1.165, 1.54) is 7.11 Å². The van der Waals surface area contributed by atoms with Crippen molar-refractivity contribution in [2.24, 2.45) is 0 Å². The van der Waals surface area contributed by atoms with Crippen molar-refractivity contribution in [2.45, 2.75) is 44.1 Å². The zero-order valence-corrected chi connectivity index (χ0v) is 14.4. The highest BCUT2D eigenvalue weighted by Gasteiger charge is 2.41. The van der Waals surface area contributed by atoms with E-state index in [1.807, 2.05) is 36.5 Å². The number of nitrogens with zero attached hydrogens (tertiary/aromatic N) is 2. The molecule has 1 aromatic heterocycles. The Kier molecular flexibility index (Phi) is 5.16. The number of methoxy groups -OCH3 is 1. The van der Waals surface area contributed by atoms with Crippen molar-refractivity contribution in [1.82, 2.24) is 15.1 Å². The lowest BCUT2D eigenvalue weighted by Gasteiger charge is -2.35. The molecule has 1 aromatic carbocycles. The summed E-state index contributed by atoms with van der Waals surface area (Å²) in [5.74, 6) is -0.492. The topological polar surface area (TPSA) is 73.2 Å². The van der Waals surface area contributed by atoms with E-state index < -0.39 is 5.54 Å². The minimum Gasteiger partial charge on any atom is -0.467 e. The van der Waals surface area contributed by atoms with Gasteiger partial charge in [-0.25, -0.2) is 9.48 Å². The molecule has 0 radical (unpaired) electrons. The van der Waals surface area contributed by atoms with Crippen molar-refractivity contribution in [2.75, 3.05) is 7.11 Å². The quantitative estimate of drug-likeness (QED) is 0.848. The van der Waals surface area contributed by atoms with Crippen LogP contribution >= 0.6 is 0 Å². The summed E-state index contributed by atoms with van der Waals surface area (Å²) in [6.07, 6.45) is 8.04. The number of hydrogen-bond acceptors (Lipinski definition) is 4. The minimum absolute atomic E-state index is 0.154. The Bertz CT molecular complexity index is 717. The van der Waals surface area contributed by atoms with Crippen molar-refractivity contribution in [3.05, 3.63) is 48.3 Å². The predicted octanol–water partition coefficient (Wildman–Crippen LogP) is 2.41. The van der Waals surface area contributed by atoms with Gasteiger partial charge in [-0.15, -0.1) is 0 Å². The second-order valence-corrected chi connectivity index (χ2v) is 6.48. The average Bonchev–Trinajstić information content (AvgIpc) is 3.17. The van der Waals surface area contributed by atoms with E-state index in [9.17, 15) is 9.59 Å². The molecule has 0 unspecified atom stereocenters. The molecule has 0 atom stereocenters. The van der Waals surface area contributed by atoms with Gasteiger partial charge in [-0.05, 0) is 36.6 Å². The van der Waals surface area contributed by atoms with Crippen LogP contribution in [0.5, 0.6) is 0 Å². The van der Waals surface area contributed by atoms with Gasteiger partial charge in [0.15, 0.2) is 0 Å². The van der Waals surface area contributed by atoms with Crippen LogP contribution in [0.4, 0.5) is 0 Å². The smallest absolute Gasteiger partial charge is 0.331 e. The van der Waals surface area contributed by atoms with Gasteiger partial charge in [0.05, 0.1) is 19.2 Å². The summed E-state index contributed by atoms with van der Waals surface area (Å²) in [7, 11) is 1.37. The van der Waals surface area contributed by atoms with E-state index in [0.29, 0.717) is 12.8 Å². The molecule has 1 fully saturated rings. The summed E-state index contributed by atoms with van der Waals surface area (Å²) < 4.78 is 6.70. The Morgan fingerprint density at radius 2 is 1.92 bits per heavy atom. The molecule has 6 nitrogen and oxygen atoms in total. The molecule has 25 heavy (non-hydrogen) atoms. The molecule has 1 aliphatic rings. The fourth-order valence-corrected chi connectivity index (χ4v) is 3.42. The maximum absolute atomic E-state index is 12.5. The third kappa shape index (κ3) is 3.90. The summed E-state index contributed by atoms with van der Waals surface area (Å²) in [6.45, 7) is 0. The molecule has 1 heterocycles. The first kappa shape index (κ1) is 17.2. The second-order valence-electron chi connectivity index (χ2n) is 6.48. The number of ether oxygens (including phenoxy) is 1. The number of carbonyl (C=O) groups is 2. The standard InChI is InChI=1S/C19H23N3O3/c1-25-18(24)19(10-3-2-4-11-19)21-17(23)14-15-6-8-16(9-7-15)22-13-5-12-20-22/h5-9,12-13H,2-4,10-11,14H2,1H3,(H,21,23). The van der Waals surface area contributed by atoms with E-state index in [0.717, 1.165) is 30.5 Å². The molecule has 2 aromatic rings. The molecular formula is C19H23N3O3. The van der Waals surface area contributed by atoms with E-state index in [1.54, 1.807) is 10.9 Å². The molecular weight excluding hydrogens is 318 g/mol. The number of amides is 1. The summed E-state index contributed by atoms with van der Waals surface area (Å²) >= 11 is 0. The third-order valence-electron chi connectivity index (χ3n) is 4.73. The number of carbonyl (C=O) groups excluding carboxylic acids is 2. The molecule has 0 spiro atoms. The van der Waals surface area contributed by atoms with Gasteiger partial charge in [-0.1, -0.05) is 31.4 Å². The fraction of sp³-hybridized carbons (Fsp3) is 0.421. The van der Waals surface area contributed by atoms with E-state index in [2.05, 4.69) is 10.4 Å².